The van der Waals surface area contributed by atoms with Crippen molar-refractivity contribution in [2.75, 3.05) is 26.2 Å². The van der Waals surface area contributed by atoms with Crippen LogP contribution in [0.3, 0.4) is 0 Å². The van der Waals surface area contributed by atoms with Crippen LogP contribution in [0.5, 0.6) is 0 Å². The standard InChI is InChI=1S/C25H29N5O3/c31-22(21-10-4-5-13-26-21)29-14-6-9-20(18-29)30-23(32)25(27-24(30)33)11-15-28(16-12-25)17-19-7-2-1-3-8-19/h1-5,7-8,10,13,20H,6,9,11-12,14-18H2,(H,27,33). The van der Waals surface area contributed by atoms with Gasteiger partial charge in [0.05, 0.1) is 6.04 Å². The molecule has 3 aliphatic rings. The molecule has 1 aromatic carbocycles. The number of carbonyl (C=O) groups is 3. The van der Waals surface area contributed by atoms with Crippen LogP contribution in [0.1, 0.15) is 41.7 Å². The molecule has 1 aromatic heterocycles. The normalized spacial score (nSPS) is 23.1. The number of likely N-dealkylation sites (tertiary alicyclic amines) is 2. The monoisotopic (exact) mass is 447 g/mol. The van der Waals surface area contributed by atoms with Crippen LogP contribution in [-0.2, 0) is 11.3 Å². The summed E-state index contributed by atoms with van der Waals surface area (Å²) in [6.07, 6.45) is 4.26. The summed E-state index contributed by atoms with van der Waals surface area (Å²) in [5.74, 6) is -0.291. The van der Waals surface area contributed by atoms with Crippen LogP contribution in [0.2, 0.25) is 0 Å². The van der Waals surface area contributed by atoms with E-state index in [4.69, 9.17) is 0 Å². The molecular formula is C25H29N5O3. The van der Waals surface area contributed by atoms with Gasteiger partial charge in [0, 0.05) is 38.9 Å². The van der Waals surface area contributed by atoms with Gasteiger partial charge >= 0.3 is 6.03 Å². The summed E-state index contributed by atoms with van der Waals surface area (Å²) in [6.45, 7) is 3.31. The molecule has 0 bridgehead atoms. The summed E-state index contributed by atoms with van der Waals surface area (Å²) in [7, 11) is 0. The minimum absolute atomic E-state index is 0.135. The highest BCUT2D eigenvalue weighted by Crippen LogP contribution is 2.33. The Hall–Kier alpha value is -3.26. The lowest BCUT2D eigenvalue weighted by atomic mass is 9.87. The Bertz CT molecular complexity index is 1020. The van der Waals surface area contributed by atoms with Gasteiger partial charge < -0.3 is 10.2 Å². The Kier molecular flexibility index (Phi) is 5.85. The van der Waals surface area contributed by atoms with E-state index >= 15 is 0 Å². The van der Waals surface area contributed by atoms with Gasteiger partial charge in [-0.05, 0) is 43.4 Å². The van der Waals surface area contributed by atoms with Crippen molar-refractivity contribution in [2.24, 2.45) is 0 Å². The van der Waals surface area contributed by atoms with Gasteiger partial charge in [-0.25, -0.2) is 4.79 Å². The first-order chi connectivity index (χ1) is 16.1. The molecule has 1 atom stereocenters. The Morgan fingerprint density at radius 2 is 1.79 bits per heavy atom. The molecule has 1 spiro atoms. The number of hydrogen-bond donors (Lipinski definition) is 1. The molecule has 2 aromatic rings. The fourth-order valence-electron chi connectivity index (χ4n) is 5.25. The summed E-state index contributed by atoms with van der Waals surface area (Å²) < 4.78 is 0. The van der Waals surface area contributed by atoms with Gasteiger partial charge in [-0.3, -0.25) is 24.4 Å². The Morgan fingerprint density at radius 1 is 1.03 bits per heavy atom. The van der Waals surface area contributed by atoms with E-state index in [1.165, 1.54) is 10.5 Å². The second kappa shape index (κ2) is 8.94. The molecule has 4 heterocycles. The van der Waals surface area contributed by atoms with Crippen molar-refractivity contribution in [1.29, 1.82) is 0 Å². The highest BCUT2D eigenvalue weighted by molar-refractivity contribution is 6.07. The molecule has 33 heavy (non-hydrogen) atoms. The number of imide groups is 1. The molecule has 8 heteroatoms. The van der Waals surface area contributed by atoms with Crippen molar-refractivity contribution in [3.05, 3.63) is 66.0 Å². The summed E-state index contributed by atoms with van der Waals surface area (Å²) in [5.41, 5.74) is 0.812. The molecule has 0 aliphatic carbocycles. The summed E-state index contributed by atoms with van der Waals surface area (Å²) in [5, 5.41) is 3.02. The van der Waals surface area contributed by atoms with E-state index in [9.17, 15) is 14.4 Å². The number of pyridine rings is 1. The Morgan fingerprint density at radius 3 is 2.52 bits per heavy atom. The van der Waals surface area contributed by atoms with E-state index in [0.29, 0.717) is 38.0 Å². The van der Waals surface area contributed by atoms with Gasteiger partial charge in [0.2, 0.25) is 0 Å². The zero-order chi connectivity index (χ0) is 22.8. The minimum Gasteiger partial charge on any atom is -0.335 e. The number of rotatable bonds is 4. The third-order valence-corrected chi connectivity index (χ3v) is 7.08. The number of amides is 4. The zero-order valence-electron chi connectivity index (χ0n) is 18.7. The van der Waals surface area contributed by atoms with Crippen LogP contribution in [-0.4, -0.2) is 75.3 Å². The van der Waals surface area contributed by atoms with Crippen molar-refractivity contribution in [2.45, 2.75) is 43.8 Å². The van der Waals surface area contributed by atoms with Crippen LogP contribution in [0, 0.1) is 0 Å². The second-order valence-corrected chi connectivity index (χ2v) is 9.21. The topological polar surface area (TPSA) is 85.8 Å². The molecule has 0 saturated carbocycles. The highest BCUT2D eigenvalue weighted by atomic mass is 16.2. The molecule has 3 saturated heterocycles. The van der Waals surface area contributed by atoms with Gasteiger partial charge in [-0.1, -0.05) is 36.4 Å². The first-order valence-corrected chi connectivity index (χ1v) is 11.7. The number of aromatic nitrogens is 1. The molecule has 0 radical (unpaired) electrons. The molecule has 3 fully saturated rings. The fourth-order valence-corrected chi connectivity index (χ4v) is 5.25. The molecule has 1 N–H and O–H groups in total. The zero-order valence-corrected chi connectivity index (χ0v) is 18.7. The lowest BCUT2D eigenvalue weighted by Crippen LogP contribution is -2.56. The van der Waals surface area contributed by atoms with E-state index < -0.39 is 5.54 Å². The number of nitrogens with one attached hydrogen (secondary N) is 1. The molecule has 1 unspecified atom stereocenters. The van der Waals surface area contributed by atoms with Crippen molar-refractivity contribution in [3.63, 3.8) is 0 Å². The van der Waals surface area contributed by atoms with E-state index in [-0.39, 0.29) is 23.9 Å². The van der Waals surface area contributed by atoms with E-state index in [0.717, 1.165) is 26.1 Å². The number of nitrogens with zero attached hydrogens (tertiary/aromatic N) is 4. The SMILES string of the molecule is O=C(c1ccccn1)N1CCCC(N2C(=O)NC3(CCN(Cc4ccccc4)CC3)C2=O)C1. The molecule has 8 nitrogen and oxygen atoms in total. The van der Waals surface area contributed by atoms with Crippen molar-refractivity contribution in [3.8, 4) is 0 Å². The maximum atomic E-state index is 13.5. The largest absolute Gasteiger partial charge is 0.335 e. The predicted octanol–water partition coefficient (Wildman–Crippen LogP) is 2.27. The summed E-state index contributed by atoms with van der Waals surface area (Å²) in [4.78, 5) is 48.9. The number of piperidine rings is 2. The van der Waals surface area contributed by atoms with Crippen LogP contribution in [0.25, 0.3) is 0 Å². The quantitative estimate of drug-likeness (QED) is 0.727. The Balaban J connectivity index is 1.24. The van der Waals surface area contributed by atoms with Crippen LogP contribution >= 0.6 is 0 Å². The fraction of sp³-hybridized carbons (Fsp3) is 0.440. The molecule has 3 aliphatic heterocycles. The first-order valence-electron chi connectivity index (χ1n) is 11.7. The maximum Gasteiger partial charge on any atom is 0.325 e. The van der Waals surface area contributed by atoms with Gasteiger partial charge in [0.1, 0.15) is 11.2 Å². The highest BCUT2D eigenvalue weighted by Gasteiger charge is 2.54. The van der Waals surface area contributed by atoms with Crippen molar-refractivity contribution >= 4 is 17.8 Å². The van der Waals surface area contributed by atoms with Crippen LogP contribution in [0.15, 0.2) is 54.7 Å². The number of benzene rings is 1. The van der Waals surface area contributed by atoms with Crippen LogP contribution < -0.4 is 5.32 Å². The van der Waals surface area contributed by atoms with Gasteiger partial charge in [0.25, 0.3) is 11.8 Å². The van der Waals surface area contributed by atoms with Crippen molar-refractivity contribution < 1.29 is 14.4 Å². The average Bonchev–Trinajstić information content (AvgIpc) is 3.10. The second-order valence-electron chi connectivity index (χ2n) is 9.21. The predicted molar refractivity (Wildman–Crippen MR) is 122 cm³/mol. The minimum atomic E-state index is -0.822. The lowest BCUT2D eigenvalue weighted by Gasteiger charge is -2.39. The van der Waals surface area contributed by atoms with Gasteiger partial charge in [0.15, 0.2) is 0 Å². The number of hydrogen-bond acceptors (Lipinski definition) is 5. The number of urea groups is 1. The van der Waals surface area contributed by atoms with E-state index in [2.05, 4.69) is 27.3 Å². The van der Waals surface area contributed by atoms with E-state index in [1.807, 2.05) is 18.2 Å². The third kappa shape index (κ3) is 4.23. The van der Waals surface area contributed by atoms with Crippen LogP contribution in [0.4, 0.5) is 4.79 Å². The lowest BCUT2D eigenvalue weighted by molar-refractivity contribution is -0.135. The van der Waals surface area contributed by atoms with E-state index in [1.54, 1.807) is 29.3 Å². The molecule has 4 amide bonds. The smallest absolute Gasteiger partial charge is 0.325 e. The van der Waals surface area contributed by atoms with Gasteiger partial charge in [-0.15, -0.1) is 0 Å². The molecule has 5 rings (SSSR count). The van der Waals surface area contributed by atoms with Crippen molar-refractivity contribution in [1.82, 2.24) is 25.0 Å². The third-order valence-electron chi connectivity index (χ3n) is 7.08. The summed E-state index contributed by atoms with van der Waals surface area (Å²) >= 11 is 0. The maximum absolute atomic E-state index is 13.5. The first kappa shape index (κ1) is 21.6. The average molecular weight is 448 g/mol. The summed E-state index contributed by atoms with van der Waals surface area (Å²) in [6, 6.07) is 14.9. The molecule has 172 valence electrons. The molecular weight excluding hydrogens is 418 g/mol. The number of carbonyl (C=O) groups excluding carboxylic acids is 3. The Labute approximate surface area is 193 Å². The van der Waals surface area contributed by atoms with Gasteiger partial charge in [-0.2, -0.15) is 0 Å².